The lowest BCUT2D eigenvalue weighted by atomic mass is 9.75. The van der Waals surface area contributed by atoms with Crippen LogP contribution in [0.2, 0.25) is 0 Å². The molecule has 1 saturated carbocycles. The summed E-state index contributed by atoms with van der Waals surface area (Å²) < 4.78 is 0. The number of hydrogen-bond donors (Lipinski definition) is 0. The summed E-state index contributed by atoms with van der Waals surface area (Å²) in [5.74, 6) is 1.46. The van der Waals surface area contributed by atoms with Crippen molar-refractivity contribution in [2.45, 2.75) is 71.5 Å². The molecular formula is C15H28O2. The molecule has 0 spiro atoms. The van der Waals surface area contributed by atoms with Crippen LogP contribution in [0.1, 0.15) is 60.3 Å². The van der Waals surface area contributed by atoms with Gasteiger partial charge in [0.15, 0.2) is 0 Å². The Hall–Kier alpha value is -0.340. The van der Waals surface area contributed by atoms with E-state index in [0.29, 0.717) is 5.92 Å². The fraction of sp³-hybridized carbons (Fsp3) is 0.867. The molecule has 0 bridgehead atoms. The largest absolute Gasteiger partial charge is 0.229 e. The van der Waals surface area contributed by atoms with Crippen LogP contribution < -0.4 is 0 Å². The predicted octanol–water partition coefficient (Wildman–Crippen LogP) is 4.50. The summed E-state index contributed by atoms with van der Waals surface area (Å²) in [4.78, 5) is 11.2. The van der Waals surface area contributed by atoms with Crippen LogP contribution in [-0.4, -0.2) is 11.2 Å². The topological polar surface area (TPSA) is 18.5 Å². The minimum absolute atomic E-state index is 0.208. The normalized spacial score (nSPS) is 26.9. The number of hydrogen-bond acceptors (Lipinski definition) is 2. The highest BCUT2D eigenvalue weighted by atomic mass is 17.2. The second kappa shape index (κ2) is 5.53. The minimum Gasteiger partial charge on any atom is -0.229 e. The van der Waals surface area contributed by atoms with Gasteiger partial charge in [-0.3, -0.25) is 0 Å². The minimum atomic E-state index is -0.417. The lowest BCUT2D eigenvalue weighted by molar-refractivity contribution is -0.401. The SMILES string of the molecule is C=CC(C)(C)OOC(C)(C)C1CCC(C)CC1. The highest BCUT2D eigenvalue weighted by molar-refractivity contribution is 4.89. The van der Waals surface area contributed by atoms with Gasteiger partial charge in [-0.2, -0.15) is 0 Å². The van der Waals surface area contributed by atoms with E-state index >= 15 is 0 Å². The lowest BCUT2D eigenvalue weighted by Gasteiger charge is -2.38. The first kappa shape index (κ1) is 14.7. The van der Waals surface area contributed by atoms with Gasteiger partial charge >= 0.3 is 0 Å². The fourth-order valence-electron chi connectivity index (χ4n) is 2.27. The zero-order valence-corrected chi connectivity index (χ0v) is 12.1. The quantitative estimate of drug-likeness (QED) is 0.400. The molecule has 0 N–H and O–H groups in total. The molecule has 100 valence electrons. The first-order valence-electron chi connectivity index (χ1n) is 6.77. The van der Waals surface area contributed by atoms with Crippen LogP contribution in [0.4, 0.5) is 0 Å². The fourth-order valence-corrected chi connectivity index (χ4v) is 2.27. The van der Waals surface area contributed by atoms with Crippen LogP contribution in [0.5, 0.6) is 0 Å². The van der Waals surface area contributed by atoms with Gasteiger partial charge in [0.1, 0.15) is 11.2 Å². The maximum Gasteiger partial charge on any atom is 0.116 e. The second-order valence-corrected chi connectivity index (χ2v) is 6.53. The van der Waals surface area contributed by atoms with Crippen molar-refractivity contribution in [3.8, 4) is 0 Å². The van der Waals surface area contributed by atoms with E-state index in [1.807, 2.05) is 13.8 Å². The molecule has 1 fully saturated rings. The van der Waals surface area contributed by atoms with Crippen molar-refractivity contribution in [3.05, 3.63) is 12.7 Å². The van der Waals surface area contributed by atoms with Crippen molar-refractivity contribution in [2.75, 3.05) is 0 Å². The van der Waals surface area contributed by atoms with Gasteiger partial charge in [0.05, 0.1) is 0 Å². The predicted molar refractivity (Wildman–Crippen MR) is 71.6 cm³/mol. The zero-order chi connectivity index (χ0) is 13.1. The first-order chi connectivity index (χ1) is 7.77. The van der Waals surface area contributed by atoms with Crippen LogP contribution in [0.15, 0.2) is 12.7 Å². The Morgan fingerprint density at radius 1 is 1.00 bits per heavy atom. The van der Waals surface area contributed by atoms with Crippen LogP contribution >= 0.6 is 0 Å². The van der Waals surface area contributed by atoms with Crippen LogP contribution in [-0.2, 0) is 9.78 Å². The highest BCUT2D eigenvalue weighted by Gasteiger charge is 2.35. The third-order valence-electron chi connectivity index (χ3n) is 3.96. The van der Waals surface area contributed by atoms with E-state index in [4.69, 9.17) is 9.78 Å². The first-order valence-corrected chi connectivity index (χ1v) is 6.77. The maximum atomic E-state index is 5.69. The van der Waals surface area contributed by atoms with E-state index in [1.165, 1.54) is 25.7 Å². The molecule has 0 aliphatic heterocycles. The standard InChI is InChI=1S/C15H28O2/c1-7-14(3,4)16-17-15(5,6)13-10-8-12(2)9-11-13/h7,12-13H,1,8-11H2,2-6H3. The molecule has 0 radical (unpaired) electrons. The number of rotatable bonds is 5. The summed E-state index contributed by atoms with van der Waals surface area (Å²) in [5, 5.41) is 0. The second-order valence-electron chi connectivity index (χ2n) is 6.53. The average molecular weight is 240 g/mol. The van der Waals surface area contributed by atoms with Gasteiger partial charge in [-0.05, 0) is 52.4 Å². The third-order valence-corrected chi connectivity index (χ3v) is 3.96. The molecule has 2 nitrogen and oxygen atoms in total. The Bertz CT molecular complexity index is 248. The van der Waals surface area contributed by atoms with E-state index < -0.39 is 5.60 Å². The van der Waals surface area contributed by atoms with Gasteiger partial charge < -0.3 is 0 Å². The lowest BCUT2D eigenvalue weighted by Crippen LogP contribution is -2.39. The third kappa shape index (κ3) is 4.44. The summed E-state index contributed by atoms with van der Waals surface area (Å²) in [6, 6.07) is 0. The molecule has 0 aromatic heterocycles. The summed E-state index contributed by atoms with van der Waals surface area (Å²) in [6.45, 7) is 14.3. The molecule has 0 aromatic carbocycles. The van der Waals surface area contributed by atoms with Crippen LogP contribution in [0, 0.1) is 11.8 Å². The Morgan fingerprint density at radius 3 is 2.00 bits per heavy atom. The Balaban J connectivity index is 2.47. The summed E-state index contributed by atoms with van der Waals surface area (Å²) in [5.41, 5.74) is -0.625. The molecule has 0 amide bonds. The van der Waals surface area contributed by atoms with Gasteiger partial charge in [-0.15, -0.1) is 6.58 Å². The van der Waals surface area contributed by atoms with Crippen LogP contribution in [0.25, 0.3) is 0 Å². The molecule has 2 heteroatoms. The van der Waals surface area contributed by atoms with E-state index in [0.717, 1.165) is 5.92 Å². The van der Waals surface area contributed by atoms with Crippen molar-refractivity contribution in [2.24, 2.45) is 11.8 Å². The van der Waals surface area contributed by atoms with Crippen molar-refractivity contribution in [3.63, 3.8) is 0 Å². The molecule has 1 rings (SSSR count). The zero-order valence-electron chi connectivity index (χ0n) is 12.1. The van der Waals surface area contributed by atoms with Crippen LogP contribution in [0.3, 0.4) is 0 Å². The van der Waals surface area contributed by atoms with E-state index in [9.17, 15) is 0 Å². The molecule has 0 saturated heterocycles. The Labute approximate surface area is 106 Å². The van der Waals surface area contributed by atoms with Gasteiger partial charge in [0, 0.05) is 0 Å². The van der Waals surface area contributed by atoms with E-state index in [-0.39, 0.29) is 5.60 Å². The van der Waals surface area contributed by atoms with Crippen molar-refractivity contribution in [1.29, 1.82) is 0 Å². The Morgan fingerprint density at radius 2 is 1.53 bits per heavy atom. The van der Waals surface area contributed by atoms with Crippen molar-refractivity contribution >= 4 is 0 Å². The molecule has 1 aliphatic carbocycles. The molecule has 0 unspecified atom stereocenters. The van der Waals surface area contributed by atoms with Gasteiger partial charge in [-0.1, -0.05) is 25.8 Å². The average Bonchev–Trinajstić information content (AvgIpc) is 2.27. The van der Waals surface area contributed by atoms with Gasteiger partial charge in [-0.25, -0.2) is 9.78 Å². The van der Waals surface area contributed by atoms with Crippen molar-refractivity contribution < 1.29 is 9.78 Å². The molecule has 17 heavy (non-hydrogen) atoms. The highest BCUT2D eigenvalue weighted by Crippen LogP contribution is 2.37. The monoisotopic (exact) mass is 240 g/mol. The molecular weight excluding hydrogens is 212 g/mol. The Kier molecular flexibility index (Phi) is 4.79. The van der Waals surface area contributed by atoms with Gasteiger partial charge in [0.25, 0.3) is 0 Å². The van der Waals surface area contributed by atoms with E-state index in [1.54, 1.807) is 6.08 Å². The smallest absolute Gasteiger partial charge is 0.116 e. The van der Waals surface area contributed by atoms with Crippen molar-refractivity contribution in [1.82, 2.24) is 0 Å². The summed E-state index contributed by atoms with van der Waals surface area (Å²) in [6.07, 6.45) is 6.87. The molecule has 0 heterocycles. The molecule has 0 aromatic rings. The molecule has 0 atom stereocenters. The van der Waals surface area contributed by atoms with Gasteiger partial charge in [0.2, 0.25) is 0 Å². The summed E-state index contributed by atoms with van der Waals surface area (Å²) >= 11 is 0. The maximum absolute atomic E-state index is 5.69. The van der Waals surface area contributed by atoms with E-state index in [2.05, 4.69) is 27.4 Å². The summed E-state index contributed by atoms with van der Waals surface area (Å²) in [7, 11) is 0. The molecule has 1 aliphatic rings.